The van der Waals surface area contributed by atoms with Crippen LogP contribution in [0.1, 0.15) is 11.1 Å². The maximum absolute atomic E-state index is 13.9. The topological polar surface area (TPSA) is 66.5 Å². The van der Waals surface area contributed by atoms with Crippen molar-refractivity contribution in [1.29, 1.82) is 0 Å². The highest BCUT2D eigenvalue weighted by atomic mass is 16.6. The Kier molecular flexibility index (Phi) is 3.76. The van der Waals surface area contributed by atoms with Gasteiger partial charge in [0.15, 0.2) is 11.5 Å². The second-order valence-corrected chi connectivity index (χ2v) is 7.69. The average Bonchev–Trinajstić information content (AvgIpc) is 3.25. The molecule has 1 fully saturated rings. The minimum absolute atomic E-state index is 0.00306. The van der Waals surface area contributed by atoms with Gasteiger partial charge in [0, 0.05) is 17.3 Å². The van der Waals surface area contributed by atoms with Gasteiger partial charge in [-0.1, -0.05) is 18.2 Å². The summed E-state index contributed by atoms with van der Waals surface area (Å²) in [4.78, 5) is 15.7. The molecule has 2 atom stereocenters. The fourth-order valence-electron chi connectivity index (χ4n) is 4.74. The standard InChI is InChI=1S/C22H21NO6/c24-21-22(13-29-18-10-20-19(9-16(18)22)27-7-8-28-20)15-3-1-2-4-17(15)23(21)11-14-12-25-5-6-26-14/h1-4,9-10,14H,5-8,11-13H2/t14-,22-/m0/s1. The number of benzene rings is 2. The van der Waals surface area contributed by atoms with Crippen LogP contribution in [0.2, 0.25) is 0 Å². The summed E-state index contributed by atoms with van der Waals surface area (Å²) in [5.74, 6) is 2.00. The van der Waals surface area contributed by atoms with Gasteiger partial charge >= 0.3 is 0 Å². The fourth-order valence-corrected chi connectivity index (χ4v) is 4.74. The Balaban J connectivity index is 1.45. The van der Waals surface area contributed by atoms with Gasteiger partial charge in [0.2, 0.25) is 5.91 Å². The van der Waals surface area contributed by atoms with E-state index >= 15 is 0 Å². The SMILES string of the molecule is O=C1N(C[C@H]2COCCO2)c2ccccc2[C@]12COc1cc3c(cc12)OCCO3. The Morgan fingerprint density at radius 3 is 2.59 bits per heavy atom. The maximum atomic E-state index is 13.9. The third-order valence-electron chi connectivity index (χ3n) is 6.08. The maximum Gasteiger partial charge on any atom is 0.245 e. The van der Waals surface area contributed by atoms with Crippen LogP contribution in [0.25, 0.3) is 0 Å². The van der Waals surface area contributed by atoms with Crippen molar-refractivity contribution in [3.05, 3.63) is 47.5 Å². The molecule has 150 valence electrons. The minimum Gasteiger partial charge on any atom is -0.491 e. The van der Waals surface area contributed by atoms with E-state index in [-0.39, 0.29) is 18.6 Å². The number of carbonyl (C=O) groups is 1. The number of para-hydroxylation sites is 1. The molecule has 4 aliphatic rings. The van der Waals surface area contributed by atoms with Crippen LogP contribution in [0.3, 0.4) is 0 Å². The van der Waals surface area contributed by atoms with Crippen LogP contribution in [0.15, 0.2) is 36.4 Å². The molecule has 1 amide bonds. The molecule has 0 unspecified atom stereocenters. The second-order valence-electron chi connectivity index (χ2n) is 7.69. The number of rotatable bonds is 2. The first kappa shape index (κ1) is 17.1. The molecule has 1 saturated heterocycles. The number of anilines is 1. The molecule has 0 saturated carbocycles. The predicted octanol–water partition coefficient (Wildman–Crippen LogP) is 1.90. The molecule has 2 aromatic carbocycles. The van der Waals surface area contributed by atoms with Gasteiger partial charge in [-0.3, -0.25) is 4.79 Å². The lowest BCUT2D eigenvalue weighted by molar-refractivity contribution is -0.123. The highest BCUT2D eigenvalue weighted by Crippen LogP contribution is 2.54. The molecule has 7 heteroatoms. The first-order valence-electron chi connectivity index (χ1n) is 9.95. The molecule has 0 N–H and O–H groups in total. The van der Waals surface area contributed by atoms with E-state index in [2.05, 4.69) is 0 Å². The number of hydrogen-bond acceptors (Lipinski definition) is 6. The second kappa shape index (κ2) is 6.37. The summed E-state index contributed by atoms with van der Waals surface area (Å²) < 4.78 is 28.8. The Morgan fingerprint density at radius 1 is 0.931 bits per heavy atom. The molecule has 7 nitrogen and oxygen atoms in total. The van der Waals surface area contributed by atoms with E-state index in [0.29, 0.717) is 56.8 Å². The van der Waals surface area contributed by atoms with Gasteiger partial charge in [-0.15, -0.1) is 0 Å². The first-order valence-corrected chi connectivity index (χ1v) is 9.95. The summed E-state index contributed by atoms with van der Waals surface area (Å²) in [5.41, 5.74) is 1.81. The molecule has 6 rings (SSSR count). The van der Waals surface area contributed by atoms with Crippen molar-refractivity contribution < 1.29 is 28.5 Å². The summed E-state index contributed by atoms with van der Waals surface area (Å²) in [7, 11) is 0. The number of amides is 1. The summed E-state index contributed by atoms with van der Waals surface area (Å²) in [6.45, 7) is 3.36. The van der Waals surface area contributed by atoms with E-state index in [9.17, 15) is 4.79 Å². The van der Waals surface area contributed by atoms with E-state index in [4.69, 9.17) is 23.7 Å². The van der Waals surface area contributed by atoms with Gasteiger partial charge in [-0.05, 0) is 17.7 Å². The highest BCUT2D eigenvalue weighted by Gasteiger charge is 2.57. The molecule has 29 heavy (non-hydrogen) atoms. The molecule has 0 aliphatic carbocycles. The van der Waals surface area contributed by atoms with Crippen molar-refractivity contribution in [2.75, 3.05) is 51.1 Å². The lowest BCUT2D eigenvalue weighted by Crippen LogP contribution is -2.47. The van der Waals surface area contributed by atoms with Crippen LogP contribution in [0.4, 0.5) is 5.69 Å². The number of nitrogens with zero attached hydrogens (tertiary/aromatic N) is 1. The third-order valence-corrected chi connectivity index (χ3v) is 6.08. The first-order chi connectivity index (χ1) is 14.3. The van der Waals surface area contributed by atoms with Crippen molar-refractivity contribution in [3.63, 3.8) is 0 Å². The van der Waals surface area contributed by atoms with Gasteiger partial charge in [0.1, 0.15) is 31.0 Å². The van der Waals surface area contributed by atoms with Crippen LogP contribution in [-0.2, 0) is 19.7 Å². The Bertz CT molecular complexity index is 985. The number of ether oxygens (including phenoxy) is 5. The van der Waals surface area contributed by atoms with Crippen LogP contribution >= 0.6 is 0 Å². The zero-order chi connectivity index (χ0) is 19.4. The molecular formula is C22H21NO6. The smallest absolute Gasteiger partial charge is 0.245 e. The van der Waals surface area contributed by atoms with Crippen molar-refractivity contribution in [2.24, 2.45) is 0 Å². The van der Waals surface area contributed by atoms with Crippen LogP contribution in [0.5, 0.6) is 17.2 Å². The van der Waals surface area contributed by atoms with Gasteiger partial charge in [-0.25, -0.2) is 0 Å². The summed E-state index contributed by atoms with van der Waals surface area (Å²) in [6, 6.07) is 11.7. The molecule has 0 aromatic heterocycles. The van der Waals surface area contributed by atoms with E-state index < -0.39 is 5.41 Å². The van der Waals surface area contributed by atoms with E-state index in [1.807, 2.05) is 41.3 Å². The summed E-state index contributed by atoms with van der Waals surface area (Å²) >= 11 is 0. The molecule has 4 heterocycles. The van der Waals surface area contributed by atoms with Gasteiger partial charge in [-0.2, -0.15) is 0 Å². The summed E-state index contributed by atoms with van der Waals surface area (Å²) in [6.07, 6.45) is -0.141. The van der Waals surface area contributed by atoms with Crippen LogP contribution in [0, 0.1) is 0 Å². The van der Waals surface area contributed by atoms with Crippen molar-refractivity contribution >= 4 is 11.6 Å². The molecule has 1 spiro atoms. The largest absolute Gasteiger partial charge is 0.491 e. The zero-order valence-electron chi connectivity index (χ0n) is 15.9. The van der Waals surface area contributed by atoms with Crippen LogP contribution < -0.4 is 19.1 Å². The molecule has 4 aliphatic heterocycles. The van der Waals surface area contributed by atoms with E-state index in [1.54, 1.807) is 0 Å². The van der Waals surface area contributed by atoms with Gasteiger partial charge in [0.25, 0.3) is 0 Å². The monoisotopic (exact) mass is 395 g/mol. The number of carbonyl (C=O) groups excluding carboxylic acids is 1. The molecule has 2 aromatic rings. The van der Waals surface area contributed by atoms with Gasteiger partial charge < -0.3 is 28.6 Å². The van der Waals surface area contributed by atoms with Crippen molar-refractivity contribution in [1.82, 2.24) is 0 Å². The Hall–Kier alpha value is -2.77. The Morgan fingerprint density at radius 2 is 1.76 bits per heavy atom. The van der Waals surface area contributed by atoms with E-state index in [0.717, 1.165) is 16.8 Å². The predicted molar refractivity (Wildman–Crippen MR) is 103 cm³/mol. The van der Waals surface area contributed by atoms with Crippen molar-refractivity contribution in [3.8, 4) is 17.2 Å². The lowest BCUT2D eigenvalue weighted by Gasteiger charge is -2.29. The zero-order valence-corrected chi connectivity index (χ0v) is 15.9. The van der Waals surface area contributed by atoms with Crippen LogP contribution in [-0.4, -0.2) is 58.2 Å². The quantitative estimate of drug-likeness (QED) is 0.774. The third kappa shape index (κ3) is 2.41. The summed E-state index contributed by atoms with van der Waals surface area (Å²) in [5, 5.41) is 0. The Labute approximate surface area is 168 Å². The highest BCUT2D eigenvalue weighted by molar-refractivity contribution is 6.11. The van der Waals surface area contributed by atoms with Crippen molar-refractivity contribution in [2.45, 2.75) is 11.5 Å². The van der Waals surface area contributed by atoms with E-state index in [1.165, 1.54) is 0 Å². The van der Waals surface area contributed by atoms with Gasteiger partial charge in [0.05, 0.1) is 32.5 Å². The number of fused-ring (bicyclic) bond motifs is 5. The number of hydrogen-bond donors (Lipinski definition) is 0. The molecule has 0 bridgehead atoms. The normalized spacial score (nSPS) is 27.0. The minimum atomic E-state index is -0.878. The average molecular weight is 395 g/mol. The molecular weight excluding hydrogens is 374 g/mol. The lowest BCUT2D eigenvalue weighted by atomic mass is 9.77. The fraction of sp³-hybridized carbons (Fsp3) is 0.409. The molecule has 0 radical (unpaired) electrons.